The molecule has 0 spiro atoms. The third kappa shape index (κ3) is 5.41. The van der Waals surface area contributed by atoms with Gasteiger partial charge in [0.1, 0.15) is 12.4 Å². The quantitative estimate of drug-likeness (QED) is 0.692. The number of hydrogen-bond donors (Lipinski definition) is 0. The van der Waals surface area contributed by atoms with Crippen molar-refractivity contribution in [2.24, 2.45) is 5.92 Å². The Bertz CT molecular complexity index is 218. The molecule has 0 N–H and O–H groups in total. The van der Waals surface area contributed by atoms with Crippen molar-refractivity contribution in [3.05, 3.63) is 0 Å². The summed E-state index contributed by atoms with van der Waals surface area (Å²) in [6.07, 6.45) is -3.09. The number of ether oxygens (including phenoxy) is 1. The third-order valence-electron chi connectivity index (χ3n) is 2.13. The van der Waals surface area contributed by atoms with Gasteiger partial charge in [0, 0.05) is 18.3 Å². The van der Waals surface area contributed by atoms with E-state index in [0.717, 1.165) is 5.75 Å². The Balaban J connectivity index is 2.00. The summed E-state index contributed by atoms with van der Waals surface area (Å²) in [4.78, 5) is 11.2. The summed E-state index contributed by atoms with van der Waals surface area (Å²) in [7, 11) is 0. The summed E-state index contributed by atoms with van der Waals surface area (Å²) in [5.74, 6) is 1.60. The molecule has 0 aromatic rings. The Morgan fingerprint density at radius 1 is 1.47 bits per heavy atom. The summed E-state index contributed by atoms with van der Waals surface area (Å²) in [5.41, 5.74) is 0. The van der Waals surface area contributed by atoms with E-state index >= 15 is 0 Å². The number of rotatable bonds is 5. The summed E-state index contributed by atoms with van der Waals surface area (Å²) in [5, 5.41) is 0. The van der Waals surface area contributed by atoms with Gasteiger partial charge in [0.2, 0.25) is 0 Å². The average Bonchev–Trinajstić information content (AvgIpc) is 2.49. The van der Waals surface area contributed by atoms with Gasteiger partial charge in [0.25, 0.3) is 0 Å². The van der Waals surface area contributed by atoms with E-state index in [1.54, 1.807) is 11.8 Å². The van der Waals surface area contributed by atoms with Gasteiger partial charge in [-0.1, -0.05) is 0 Å². The average molecular weight is 242 g/mol. The highest BCUT2D eigenvalue weighted by Gasteiger charge is 2.27. The number of alkyl halides is 3. The molecule has 0 saturated carbocycles. The lowest BCUT2D eigenvalue weighted by Crippen LogP contribution is -2.18. The molecule has 1 atom stereocenters. The Hall–Kier alpha value is -0.230. The van der Waals surface area contributed by atoms with Crippen LogP contribution in [-0.4, -0.2) is 36.7 Å². The Morgan fingerprint density at radius 2 is 2.20 bits per heavy atom. The number of hydrogen-bond acceptors (Lipinski definition) is 3. The molecule has 6 heteroatoms. The maximum Gasteiger partial charge on any atom is 0.411 e. The van der Waals surface area contributed by atoms with Gasteiger partial charge in [-0.15, -0.1) is 0 Å². The van der Waals surface area contributed by atoms with Crippen LogP contribution in [-0.2, 0) is 9.53 Å². The molecule has 1 fully saturated rings. The first kappa shape index (κ1) is 12.8. The Kier molecular flexibility index (Phi) is 4.92. The summed E-state index contributed by atoms with van der Waals surface area (Å²) in [6.45, 7) is -1.12. The summed E-state index contributed by atoms with van der Waals surface area (Å²) in [6, 6.07) is 0. The van der Waals surface area contributed by atoms with Crippen LogP contribution >= 0.6 is 11.8 Å². The fraction of sp³-hybridized carbons (Fsp3) is 0.889. The second kappa shape index (κ2) is 5.75. The molecule has 15 heavy (non-hydrogen) atoms. The zero-order chi connectivity index (χ0) is 11.3. The molecule has 1 heterocycles. The predicted molar refractivity (Wildman–Crippen MR) is 51.9 cm³/mol. The van der Waals surface area contributed by atoms with Crippen molar-refractivity contribution in [2.45, 2.75) is 19.0 Å². The minimum atomic E-state index is -4.25. The molecule has 1 unspecified atom stereocenters. The number of carbonyl (C=O) groups is 1. The van der Waals surface area contributed by atoms with Crippen molar-refractivity contribution in [2.75, 3.05) is 24.7 Å². The second-order valence-corrected chi connectivity index (χ2v) is 4.52. The molecule has 0 aliphatic carbocycles. The SMILES string of the molecule is O=C1CSCC1CCCOCC(F)(F)F. The highest BCUT2D eigenvalue weighted by atomic mass is 32.2. The first-order valence-electron chi connectivity index (χ1n) is 4.74. The lowest BCUT2D eigenvalue weighted by Gasteiger charge is -2.09. The molecule has 2 nitrogen and oxygen atoms in total. The first-order valence-corrected chi connectivity index (χ1v) is 5.89. The molecule has 0 amide bonds. The van der Waals surface area contributed by atoms with Gasteiger partial charge in [0.05, 0.1) is 5.75 Å². The molecule has 0 aromatic heterocycles. The standard InChI is InChI=1S/C9H13F3O2S/c10-9(11,12)6-14-3-1-2-7-4-15-5-8(7)13/h7H,1-6H2. The summed E-state index contributed by atoms with van der Waals surface area (Å²) >= 11 is 1.59. The van der Waals surface area contributed by atoms with Crippen molar-refractivity contribution < 1.29 is 22.7 Å². The molecular weight excluding hydrogens is 229 g/mol. The molecule has 0 radical (unpaired) electrons. The van der Waals surface area contributed by atoms with Crippen molar-refractivity contribution in [3.8, 4) is 0 Å². The predicted octanol–water partition coefficient (Wildman–Crippen LogP) is 2.28. The molecule has 0 bridgehead atoms. The largest absolute Gasteiger partial charge is 0.411 e. The van der Waals surface area contributed by atoms with Crippen LogP contribution in [0, 0.1) is 5.92 Å². The van der Waals surface area contributed by atoms with E-state index in [1.807, 2.05) is 0 Å². The van der Waals surface area contributed by atoms with Gasteiger partial charge in [-0.3, -0.25) is 4.79 Å². The maximum absolute atomic E-state index is 11.7. The molecule has 1 saturated heterocycles. The van der Waals surface area contributed by atoms with E-state index in [9.17, 15) is 18.0 Å². The highest BCUT2D eigenvalue weighted by Crippen LogP contribution is 2.24. The fourth-order valence-corrected chi connectivity index (χ4v) is 2.57. The van der Waals surface area contributed by atoms with Crippen LogP contribution in [0.1, 0.15) is 12.8 Å². The van der Waals surface area contributed by atoms with Crippen molar-refractivity contribution in [1.82, 2.24) is 0 Å². The molecule has 0 aromatic carbocycles. The number of halogens is 3. The van der Waals surface area contributed by atoms with Crippen LogP contribution in [0.2, 0.25) is 0 Å². The normalized spacial score (nSPS) is 22.3. The minimum absolute atomic E-state index is 0.0319. The maximum atomic E-state index is 11.7. The molecular formula is C9H13F3O2S. The minimum Gasteiger partial charge on any atom is -0.372 e. The lowest BCUT2D eigenvalue weighted by molar-refractivity contribution is -0.174. The Labute approximate surface area is 90.5 Å². The van der Waals surface area contributed by atoms with E-state index < -0.39 is 12.8 Å². The fourth-order valence-electron chi connectivity index (χ4n) is 1.38. The van der Waals surface area contributed by atoms with Crippen LogP contribution < -0.4 is 0 Å². The van der Waals surface area contributed by atoms with Gasteiger partial charge in [-0.2, -0.15) is 24.9 Å². The van der Waals surface area contributed by atoms with Crippen molar-refractivity contribution >= 4 is 17.5 Å². The lowest BCUT2D eigenvalue weighted by atomic mass is 10.0. The van der Waals surface area contributed by atoms with Gasteiger partial charge < -0.3 is 4.74 Å². The van der Waals surface area contributed by atoms with E-state index in [1.165, 1.54) is 0 Å². The van der Waals surface area contributed by atoms with Crippen LogP contribution in [0.25, 0.3) is 0 Å². The molecule has 88 valence electrons. The number of ketones is 1. The zero-order valence-electron chi connectivity index (χ0n) is 8.18. The van der Waals surface area contributed by atoms with E-state index in [2.05, 4.69) is 4.74 Å². The highest BCUT2D eigenvalue weighted by molar-refractivity contribution is 8.00. The number of thioether (sulfide) groups is 1. The smallest absolute Gasteiger partial charge is 0.372 e. The van der Waals surface area contributed by atoms with E-state index in [4.69, 9.17) is 0 Å². The number of carbonyl (C=O) groups excluding carboxylic acids is 1. The van der Waals surface area contributed by atoms with Crippen LogP contribution in [0.5, 0.6) is 0 Å². The second-order valence-electron chi connectivity index (χ2n) is 3.49. The van der Waals surface area contributed by atoms with E-state index in [-0.39, 0.29) is 18.3 Å². The van der Waals surface area contributed by atoms with Crippen LogP contribution in [0.3, 0.4) is 0 Å². The van der Waals surface area contributed by atoms with Crippen molar-refractivity contribution in [1.29, 1.82) is 0 Å². The topological polar surface area (TPSA) is 26.3 Å². The van der Waals surface area contributed by atoms with E-state index in [0.29, 0.717) is 18.6 Å². The van der Waals surface area contributed by atoms with Crippen LogP contribution in [0.15, 0.2) is 0 Å². The van der Waals surface area contributed by atoms with Gasteiger partial charge in [0.15, 0.2) is 0 Å². The third-order valence-corrected chi connectivity index (χ3v) is 3.25. The van der Waals surface area contributed by atoms with Gasteiger partial charge in [-0.25, -0.2) is 0 Å². The van der Waals surface area contributed by atoms with Gasteiger partial charge >= 0.3 is 6.18 Å². The van der Waals surface area contributed by atoms with Crippen molar-refractivity contribution in [3.63, 3.8) is 0 Å². The zero-order valence-corrected chi connectivity index (χ0v) is 9.00. The molecule has 1 aliphatic rings. The first-order chi connectivity index (χ1) is 6.99. The van der Waals surface area contributed by atoms with Gasteiger partial charge in [-0.05, 0) is 12.8 Å². The Morgan fingerprint density at radius 3 is 2.73 bits per heavy atom. The summed E-state index contributed by atoms with van der Waals surface area (Å²) < 4.78 is 39.4. The number of Topliss-reactive ketones (excluding diaryl/α,β-unsaturated/α-hetero) is 1. The molecule has 1 aliphatic heterocycles. The molecule has 1 rings (SSSR count). The monoisotopic (exact) mass is 242 g/mol. The van der Waals surface area contributed by atoms with Crippen LogP contribution in [0.4, 0.5) is 13.2 Å².